The van der Waals surface area contributed by atoms with E-state index in [1.807, 2.05) is 116 Å². The molecule has 2 saturated heterocycles. The summed E-state index contributed by atoms with van der Waals surface area (Å²) in [6.07, 6.45) is 3.71. The number of carbonyl (C=O) groups excluding carboxylic acids is 4. The Hall–Kier alpha value is -4.68. The molecular weight excluding hydrogens is 927 g/mol. The minimum absolute atomic E-state index is 0.0350. The first-order valence-electron chi connectivity index (χ1n) is 25.0. The van der Waals surface area contributed by atoms with E-state index >= 15 is 16.8 Å². The number of likely N-dealkylation sites (tertiary alicyclic amines) is 2. The molecule has 0 unspecified atom stereocenters. The molecule has 17 heteroatoms. The van der Waals surface area contributed by atoms with Crippen LogP contribution in [0.3, 0.4) is 0 Å². The Morgan fingerprint density at radius 1 is 0.629 bits per heavy atom. The molecule has 386 valence electrons. The first-order chi connectivity index (χ1) is 32.9. The molecule has 2 aliphatic heterocycles. The number of amides is 4. The van der Waals surface area contributed by atoms with Crippen molar-refractivity contribution in [2.45, 2.75) is 147 Å². The topological polar surface area (TPSA) is 186 Å². The largest absolute Gasteiger partial charge is 0.344 e. The molecule has 6 atom stereocenters. The lowest BCUT2D eigenvalue weighted by Gasteiger charge is -2.37. The number of hydrogen-bond acceptors (Lipinski definition) is 9. The van der Waals surface area contributed by atoms with Crippen LogP contribution in [0.2, 0.25) is 0 Å². The Morgan fingerprint density at radius 3 is 1.40 bits per heavy atom. The molecule has 0 aliphatic carbocycles. The number of rotatable bonds is 22. The number of carbonyl (C=O) groups is 4. The second kappa shape index (κ2) is 24.2. The average molecular weight is 1010 g/mol. The second-order valence-corrected chi connectivity index (χ2v) is 25.1. The summed E-state index contributed by atoms with van der Waals surface area (Å²) in [6, 6.07) is 21.2. The number of likely N-dealkylation sites (N-methyl/N-ethyl adjacent to an activating group) is 1. The molecule has 2 aliphatic rings. The van der Waals surface area contributed by atoms with Crippen LogP contribution in [-0.2, 0) is 52.1 Å². The predicted molar refractivity (Wildman–Crippen MR) is 274 cm³/mol. The monoisotopic (exact) mass is 1010 g/mol. The normalized spacial score (nSPS) is 18.7. The highest BCUT2D eigenvalue weighted by molar-refractivity contribution is 7.90. The van der Waals surface area contributed by atoms with Crippen LogP contribution in [0.25, 0.3) is 0 Å². The van der Waals surface area contributed by atoms with Gasteiger partial charge in [-0.15, -0.1) is 0 Å². The van der Waals surface area contributed by atoms with E-state index in [4.69, 9.17) is 0 Å². The summed E-state index contributed by atoms with van der Waals surface area (Å²) in [5.41, 5.74) is 0.540. The molecule has 5 rings (SSSR count). The van der Waals surface area contributed by atoms with Gasteiger partial charge in [0.15, 0.2) is 0 Å². The van der Waals surface area contributed by atoms with Gasteiger partial charge in [-0.05, 0) is 99.1 Å². The number of nitrogens with one attached hydrogen (secondary N) is 3. The van der Waals surface area contributed by atoms with Gasteiger partial charge in [-0.2, -0.15) is 8.61 Å². The van der Waals surface area contributed by atoms with Gasteiger partial charge in [-0.25, -0.2) is 16.8 Å². The number of hydrogen-bond donors (Lipinski definition) is 3. The van der Waals surface area contributed by atoms with Crippen molar-refractivity contribution in [1.29, 1.82) is 0 Å². The first kappa shape index (κ1) is 56.2. The quantitative estimate of drug-likeness (QED) is 0.111. The molecule has 0 saturated carbocycles. The lowest BCUT2D eigenvalue weighted by atomic mass is 9.85. The summed E-state index contributed by atoms with van der Waals surface area (Å²) in [5, 5.41) is 8.86. The molecule has 4 amide bonds. The highest BCUT2D eigenvalue weighted by Crippen LogP contribution is 2.31. The van der Waals surface area contributed by atoms with E-state index in [0.717, 1.165) is 11.1 Å². The van der Waals surface area contributed by atoms with Crippen LogP contribution >= 0.6 is 0 Å². The van der Waals surface area contributed by atoms with Gasteiger partial charge in [0.25, 0.3) is 0 Å². The summed E-state index contributed by atoms with van der Waals surface area (Å²) < 4.78 is 63.0. The summed E-state index contributed by atoms with van der Waals surface area (Å²) in [6.45, 7) is 17.6. The minimum Gasteiger partial charge on any atom is -0.344 e. The van der Waals surface area contributed by atoms with Gasteiger partial charge in [-0.1, -0.05) is 122 Å². The molecule has 2 heterocycles. The number of sulfonamides is 2. The molecule has 0 bridgehead atoms. The van der Waals surface area contributed by atoms with Crippen molar-refractivity contribution in [1.82, 2.24) is 34.4 Å². The van der Waals surface area contributed by atoms with Crippen LogP contribution < -0.4 is 16.0 Å². The van der Waals surface area contributed by atoms with Gasteiger partial charge in [0.1, 0.15) is 12.1 Å². The molecule has 3 aromatic rings. The molecule has 70 heavy (non-hydrogen) atoms. The van der Waals surface area contributed by atoms with Crippen LogP contribution in [0.4, 0.5) is 0 Å². The zero-order chi connectivity index (χ0) is 51.6. The molecular formula is C53H79N7O8S2. The van der Waals surface area contributed by atoms with Crippen molar-refractivity contribution >= 4 is 43.7 Å². The average Bonchev–Trinajstić information content (AvgIpc) is 4.01. The molecule has 0 aromatic heterocycles. The minimum atomic E-state index is -4.39. The van der Waals surface area contributed by atoms with Gasteiger partial charge in [0, 0.05) is 57.3 Å². The van der Waals surface area contributed by atoms with Crippen LogP contribution in [0.5, 0.6) is 0 Å². The zero-order valence-electron chi connectivity index (χ0n) is 43.1. The summed E-state index contributed by atoms with van der Waals surface area (Å²) in [7, 11) is -7.11. The molecule has 0 spiro atoms. The van der Waals surface area contributed by atoms with E-state index in [2.05, 4.69) is 16.0 Å². The molecule has 15 nitrogen and oxygen atoms in total. The third kappa shape index (κ3) is 14.3. The summed E-state index contributed by atoms with van der Waals surface area (Å²) in [5.74, 6) is -1.38. The van der Waals surface area contributed by atoms with Gasteiger partial charge in [0.05, 0.1) is 15.8 Å². The fourth-order valence-electron chi connectivity index (χ4n) is 9.11. The van der Waals surface area contributed by atoms with Crippen molar-refractivity contribution in [3.8, 4) is 0 Å². The maximum Gasteiger partial charge on any atom is 0.245 e. The Kier molecular flexibility index (Phi) is 19.4. The summed E-state index contributed by atoms with van der Waals surface area (Å²) in [4.78, 5) is 58.2. The molecule has 3 N–H and O–H groups in total. The van der Waals surface area contributed by atoms with Crippen molar-refractivity contribution in [2.75, 3.05) is 46.3 Å². The molecule has 3 aromatic carbocycles. The fourth-order valence-corrected chi connectivity index (χ4v) is 12.2. The van der Waals surface area contributed by atoms with Crippen molar-refractivity contribution in [3.63, 3.8) is 0 Å². The third-order valence-corrected chi connectivity index (χ3v) is 17.6. The Labute approximate surface area is 418 Å². The van der Waals surface area contributed by atoms with E-state index in [0.29, 0.717) is 58.0 Å². The van der Waals surface area contributed by atoms with Crippen molar-refractivity contribution in [2.24, 2.45) is 16.7 Å². The van der Waals surface area contributed by atoms with E-state index in [1.165, 1.54) is 32.9 Å². The van der Waals surface area contributed by atoms with Crippen molar-refractivity contribution in [3.05, 3.63) is 96.1 Å². The molecule has 0 radical (unpaired) electrons. The first-order valence-corrected chi connectivity index (χ1v) is 27.8. The van der Waals surface area contributed by atoms with Gasteiger partial charge in [0.2, 0.25) is 43.7 Å². The number of nitrogens with zero attached hydrogens (tertiary/aromatic N) is 4. The lowest BCUT2D eigenvalue weighted by molar-refractivity contribution is -0.141. The molecule has 2 fully saturated rings. The van der Waals surface area contributed by atoms with Gasteiger partial charge >= 0.3 is 0 Å². The highest BCUT2D eigenvalue weighted by Gasteiger charge is 2.44. The zero-order valence-corrected chi connectivity index (χ0v) is 44.7. The highest BCUT2D eigenvalue weighted by atomic mass is 32.2. The predicted octanol–water partition coefficient (Wildman–Crippen LogP) is 5.85. The van der Waals surface area contributed by atoms with E-state index in [1.54, 1.807) is 23.8 Å². The number of benzene rings is 3. The van der Waals surface area contributed by atoms with Crippen LogP contribution in [0.1, 0.15) is 106 Å². The smallest absolute Gasteiger partial charge is 0.245 e. The standard InChI is InChI=1S/C53H79N7O8S2/c1-11-38(2)48(61)55-46(52(4,5)6)50(63)59-31-19-25-42(59)36-57(33-29-40-21-14-12-15-22-40)69(65,66)44-27-18-28-45(35-44)70(67,68)58(34-30-41-23-16-13-17-24-41)37-43-26-20-32-60(43)51(64)47(53(7,8)9)56-49(62)39(3)54-10/h12-18,21-24,27-28,35,38-39,42-43,46-47,54H,11,19-20,25-26,29-34,36-37H2,1-10H3,(H,55,61)(H,56,62)/t38-,39+,42+,43+,46-,47-/m1/s1. The van der Waals surface area contributed by atoms with Gasteiger partial charge in [-0.3, -0.25) is 19.2 Å². The summed E-state index contributed by atoms with van der Waals surface area (Å²) >= 11 is 0. The third-order valence-electron chi connectivity index (χ3n) is 13.9. The van der Waals surface area contributed by atoms with Crippen molar-refractivity contribution < 1.29 is 36.0 Å². The SMILES string of the molecule is CC[C@@H](C)C(=O)N[C@H](C(=O)N1CCC[C@H]1CN(CCc1ccccc1)S(=O)(=O)c1cccc(S(=O)(=O)N(CCc2ccccc2)C[C@@H]2CCCN2C(=O)[C@@H](NC(=O)[C@H](C)NC)C(C)(C)C)c1)C(C)(C)C. The Morgan fingerprint density at radius 2 is 1.03 bits per heavy atom. The maximum absolute atomic E-state index is 15.1. The van der Waals surface area contributed by atoms with E-state index < -0.39 is 61.1 Å². The second-order valence-electron chi connectivity index (χ2n) is 21.3. The Balaban J connectivity index is 1.48. The van der Waals surface area contributed by atoms with Crippen LogP contribution in [0.15, 0.2) is 94.7 Å². The Bertz CT molecular complexity index is 2290. The van der Waals surface area contributed by atoms with Crippen LogP contribution in [0, 0.1) is 16.7 Å². The maximum atomic E-state index is 15.1. The van der Waals surface area contributed by atoms with E-state index in [-0.39, 0.29) is 65.5 Å². The van der Waals surface area contributed by atoms with Crippen LogP contribution in [-0.4, -0.2) is 135 Å². The fraction of sp³-hybridized carbons (Fsp3) is 0.585. The lowest BCUT2D eigenvalue weighted by Crippen LogP contribution is -2.59. The van der Waals surface area contributed by atoms with Gasteiger partial charge < -0.3 is 25.8 Å². The van der Waals surface area contributed by atoms with E-state index in [9.17, 15) is 19.2 Å².